The number of ether oxygens (including phenoxy) is 1. The monoisotopic (exact) mass is 416 g/mol. The third-order valence-corrected chi connectivity index (χ3v) is 5.41. The van der Waals surface area contributed by atoms with E-state index in [0.717, 1.165) is 21.7 Å². The number of nitrogens with one attached hydrogen (secondary N) is 2. The molecular formula is C20H17ClN2O2S2. The van der Waals surface area contributed by atoms with Crippen LogP contribution >= 0.6 is 35.2 Å². The Morgan fingerprint density at radius 2 is 1.85 bits per heavy atom. The molecule has 0 radical (unpaired) electrons. The Kier molecular flexibility index (Phi) is 6.11. The van der Waals surface area contributed by atoms with E-state index in [2.05, 4.69) is 10.6 Å². The number of benzene rings is 2. The van der Waals surface area contributed by atoms with Crippen LogP contribution in [-0.2, 0) is 4.74 Å². The number of thiophene rings is 1. The average Bonchev–Trinajstić information content (AvgIpc) is 3.08. The van der Waals surface area contributed by atoms with Crippen molar-refractivity contribution in [3.8, 4) is 10.4 Å². The van der Waals surface area contributed by atoms with E-state index < -0.39 is 5.97 Å². The van der Waals surface area contributed by atoms with Gasteiger partial charge in [-0.25, -0.2) is 4.79 Å². The summed E-state index contributed by atoms with van der Waals surface area (Å²) < 4.78 is 4.91. The Morgan fingerprint density at radius 3 is 2.56 bits per heavy atom. The van der Waals surface area contributed by atoms with Crippen LogP contribution in [0.5, 0.6) is 0 Å². The lowest BCUT2D eigenvalue weighted by Crippen LogP contribution is -2.20. The molecule has 0 fully saturated rings. The predicted octanol–water partition coefficient (Wildman–Crippen LogP) is 5.97. The van der Waals surface area contributed by atoms with Crippen LogP contribution in [0.1, 0.15) is 15.9 Å². The van der Waals surface area contributed by atoms with E-state index in [-0.39, 0.29) is 0 Å². The lowest BCUT2D eigenvalue weighted by Gasteiger charge is -2.12. The van der Waals surface area contributed by atoms with Gasteiger partial charge in [-0.2, -0.15) is 0 Å². The van der Waals surface area contributed by atoms with Gasteiger partial charge in [0.2, 0.25) is 0 Å². The van der Waals surface area contributed by atoms with Gasteiger partial charge in [0.05, 0.1) is 12.7 Å². The van der Waals surface area contributed by atoms with Crippen molar-refractivity contribution in [1.29, 1.82) is 0 Å². The van der Waals surface area contributed by atoms with Gasteiger partial charge in [-0.3, -0.25) is 0 Å². The molecule has 2 N–H and O–H groups in total. The van der Waals surface area contributed by atoms with Crippen LogP contribution in [0.2, 0.25) is 5.02 Å². The molecule has 3 aromatic rings. The highest BCUT2D eigenvalue weighted by molar-refractivity contribution is 7.80. The molecule has 7 heteroatoms. The fourth-order valence-corrected chi connectivity index (χ4v) is 3.98. The number of thiocarbonyl (C=S) groups is 1. The molecule has 1 heterocycles. The second-order valence-corrected chi connectivity index (χ2v) is 7.65. The lowest BCUT2D eigenvalue weighted by atomic mass is 10.1. The molecule has 3 rings (SSSR count). The van der Waals surface area contributed by atoms with Crippen LogP contribution < -0.4 is 10.6 Å². The molecule has 2 aromatic carbocycles. The highest BCUT2D eigenvalue weighted by Gasteiger charge is 2.18. The van der Waals surface area contributed by atoms with E-state index in [1.807, 2.05) is 49.4 Å². The quantitative estimate of drug-likeness (QED) is 0.405. The van der Waals surface area contributed by atoms with E-state index in [0.29, 0.717) is 20.7 Å². The molecule has 1 aromatic heterocycles. The minimum atomic E-state index is -0.419. The van der Waals surface area contributed by atoms with E-state index in [4.69, 9.17) is 28.6 Å². The molecule has 0 saturated heterocycles. The molecule has 0 aliphatic heterocycles. The standard InChI is InChI=1S/C20H17ClN2O2S2/c1-12-8-9-14(21)10-16(12)22-20(26)23-18-15(19(24)25-2)11-17(27-18)13-6-4-3-5-7-13/h3-11H,1-2H3,(H2,22,23,26). The summed E-state index contributed by atoms with van der Waals surface area (Å²) >= 11 is 12.9. The number of aryl methyl sites for hydroxylation is 1. The maximum absolute atomic E-state index is 12.2. The molecule has 0 atom stereocenters. The van der Waals surface area contributed by atoms with Crippen molar-refractivity contribution in [2.75, 3.05) is 17.7 Å². The van der Waals surface area contributed by atoms with Crippen molar-refractivity contribution in [1.82, 2.24) is 0 Å². The zero-order valence-electron chi connectivity index (χ0n) is 14.7. The van der Waals surface area contributed by atoms with Crippen molar-refractivity contribution >= 4 is 56.9 Å². The second kappa shape index (κ2) is 8.52. The second-order valence-electron chi connectivity index (χ2n) is 5.75. The number of hydrogen-bond donors (Lipinski definition) is 2. The first-order valence-electron chi connectivity index (χ1n) is 8.09. The van der Waals surface area contributed by atoms with Gasteiger partial charge in [-0.15, -0.1) is 11.3 Å². The fraction of sp³-hybridized carbons (Fsp3) is 0.100. The molecule has 4 nitrogen and oxygen atoms in total. The molecule has 138 valence electrons. The minimum absolute atomic E-state index is 0.368. The van der Waals surface area contributed by atoms with Gasteiger partial charge in [-0.05, 0) is 48.5 Å². The Labute approximate surface area is 172 Å². The van der Waals surface area contributed by atoms with Crippen molar-refractivity contribution < 1.29 is 9.53 Å². The van der Waals surface area contributed by atoms with E-state index in [9.17, 15) is 4.79 Å². The van der Waals surface area contributed by atoms with E-state index >= 15 is 0 Å². The van der Waals surface area contributed by atoms with Gasteiger partial charge >= 0.3 is 5.97 Å². The summed E-state index contributed by atoms with van der Waals surface area (Å²) in [7, 11) is 1.36. The molecular weight excluding hydrogens is 400 g/mol. The lowest BCUT2D eigenvalue weighted by molar-refractivity contribution is 0.0602. The zero-order chi connectivity index (χ0) is 19.4. The Morgan fingerprint density at radius 1 is 1.11 bits per heavy atom. The maximum Gasteiger partial charge on any atom is 0.340 e. The van der Waals surface area contributed by atoms with Gasteiger partial charge in [0.1, 0.15) is 5.00 Å². The number of anilines is 2. The third kappa shape index (κ3) is 4.66. The largest absolute Gasteiger partial charge is 0.465 e. The predicted molar refractivity (Wildman–Crippen MR) is 117 cm³/mol. The number of rotatable bonds is 4. The first-order chi connectivity index (χ1) is 13.0. The number of hydrogen-bond acceptors (Lipinski definition) is 4. The summed E-state index contributed by atoms with van der Waals surface area (Å²) in [6, 6.07) is 17.2. The number of carbonyl (C=O) groups is 1. The van der Waals surface area contributed by atoms with Gasteiger partial charge in [0.25, 0.3) is 0 Å². The number of methoxy groups -OCH3 is 1. The smallest absolute Gasteiger partial charge is 0.340 e. The normalized spacial score (nSPS) is 10.3. The summed E-state index contributed by atoms with van der Waals surface area (Å²) in [5.41, 5.74) is 3.27. The molecule has 0 aliphatic carbocycles. The molecule has 0 bridgehead atoms. The van der Waals surface area contributed by atoms with Crippen molar-refractivity contribution in [3.05, 3.63) is 70.7 Å². The topological polar surface area (TPSA) is 50.4 Å². The zero-order valence-corrected chi connectivity index (χ0v) is 17.1. The highest BCUT2D eigenvalue weighted by atomic mass is 35.5. The van der Waals surface area contributed by atoms with Gasteiger partial charge < -0.3 is 15.4 Å². The highest BCUT2D eigenvalue weighted by Crippen LogP contribution is 2.36. The molecule has 27 heavy (non-hydrogen) atoms. The van der Waals surface area contributed by atoms with Crippen LogP contribution in [0.15, 0.2) is 54.6 Å². The van der Waals surface area contributed by atoms with Crippen LogP contribution in [-0.4, -0.2) is 18.2 Å². The van der Waals surface area contributed by atoms with Crippen LogP contribution in [0, 0.1) is 6.92 Å². The molecule has 0 unspecified atom stereocenters. The summed E-state index contributed by atoms with van der Waals surface area (Å²) in [5, 5.41) is 7.83. The van der Waals surface area contributed by atoms with Crippen molar-refractivity contribution in [2.24, 2.45) is 0 Å². The summed E-state index contributed by atoms with van der Waals surface area (Å²) in [4.78, 5) is 13.1. The maximum atomic E-state index is 12.2. The average molecular weight is 417 g/mol. The number of esters is 1. The molecule has 0 aliphatic rings. The van der Waals surface area contributed by atoms with Gasteiger partial charge in [0, 0.05) is 15.6 Å². The SMILES string of the molecule is COC(=O)c1cc(-c2ccccc2)sc1NC(=S)Nc1cc(Cl)ccc1C. The molecule has 0 spiro atoms. The van der Waals surface area contributed by atoms with Crippen LogP contribution in [0.25, 0.3) is 10.4 Å². The van der Waals surface area contributed by atoms with E-state index in [1.165, 1.54) is 18.4 Å². The summed E-state index contributed by atoms with van der Waals surface area (Å²) in [6.07, 6.45) is 0. The van der Waals surface area contributed by atoms with Crippen LogP contribution in [0.4, 0.5) is 10.7 Å². The molecule has 0 saturated carbocycles. The fourth-order valence-electron chi connectivity index (χ4n) is 2.48. The summed E-state index contributed by atoms with van der Waals surface area (Å²) in [6.45, 7) is 1.96. The number of halogens is 1. The first kappa shape index (κ1) is 19.4. The van der Waals surface area contributed by atoms with Crippen molar-refractivity contribution in [3.63, 3.8) is 0 Å². The van der Waals surface area contributed by atoms with Gasteiger partial charge in [-0.1, -0.05) is 48.0 Å². The van der Waals surface area contributed by atoms with E-state index in [1.54, 1.807) is 12.1 Å². The third-order valence-electron chi connectivity index (χ3n) is 3.87. The summed E-state index contributed by atoms with van der Waals surface area (Å²) in [5.74, 6) is -0.419. The molecule has 0 amide bonds. The Balaban J connectivity index is 1.86. The van der Waals surface area contributed by atoms with Gasteiger partial charge in [0.15, 0.2) is 5.11 Å². The number of carbonyl (C=O) groups excluding carboxylic acids is 1. The Hall–Kier alpha value is -2.41. The van der Waals surface area contributed by atoms with Crippen LogP contribution in [0.3, 0.4) is 0 Å². The van der Waals surface area contributed by atoms with Crippen molar-refractivity contribution in [2.45, 2.75) is 6.92 Å². The minimum Gasteiger partial charge on any atom is -0.465 e. The Bertz CT molecular complexity index is 987. The first-order valence-corrected chi connectivity index (χ1v) is 9.70.